The molecular weight excluding hydrogens is 206 g/mol. The second-order valence-corrected chi connectivity index (χ2v) is 4.06. The Hall–Kier alpha value is -2.37. The highest BCUT2D eigenvalue weighted by Gasteiger charge is 2.13. The molecule has 0 spiro atoms. The second-order valence-electron chi connectivity index (χ2n) is 4.06. The van der Waals surface area contributed by atoms with Crippen LogP contribution in [-0.4, -0.2) is 0 Å². The van der Waals surface area contributed by atoms with Gasteiger partial charge >= 0.3 is 0 Å². The normalized spacial score (nSPS) is 14.1. The number of hydrogen-bond acceptors (Lipinski definition) is 1. The van der Waals surface area contributed by atoms with E-state index in [1.807, 2.05) is 18.2 Å². The van der Waals surface area contributed by atoms with Crippen molar-refractivity contribution in [3.63, 3.8) is 0 Å². The Morgan fingerprint density at radius 3 is 2.53 bits per heavy atom. The minimum atomic E-state index is 0.744. The minimum absolute atomic E-state index is 0.744. The predicted octanol–water partition coefficient (Wildman–Crippen LogP) is 3.44. The monoisotopic (exact) mass is 218 g/mol. The number of hydrogen-bond donors (Lipinski definition) is 1. The highest BCUT2D eigenvalue weighted by atomic mass is 14.6. The van der Waals surface area contributed by atoms with E-state index in [1.165, 1.54) is 16.3 Å². The van der Waals surface area contributed by atoms with Crippen LogP contribution < -0.4 is 5.73 Å². The van der Waals surface area contributed by atoms with Crippen LogP contribution in [0.2, 0.25) is 0 Å². The second kappa shape index (κ2) is 3.89. The first kappa shape index (κ1) is 9.83. The summed E-state index contributed by atoms with van der Waals surface area (Å²) in [7, 11) is 0. The van der Waals surface area contributed by atoms with Crippen LogP contribution in [-0.2, 0) is 0 Å². The van der Waals surface area contributed by atoms with Crippen molar-refractivity contribution < 1.29 is 0 Å². The van der Waals surface area contributed by atoms with Crippen LogP contribution in [0.5, 0.6) is 0 Å². The van der Waals surface area contributed by atoms with E-state index >= 15 is 0 Å². The van der Waals surface area contributed by atoms with Crippen LogP contribution >= 0.6 is 0 Å². The molecule has 0 unspecified atom stereocenters. The molecule has 0 bridgehead atoms. The zero-order valence-electron chi connectivity index (χ0n) is 9.35. The maximum absolute atomic E-state index is 5.69. The standard InChI is InChI=1S/C16H12N/c17-14-10-8-13(9-11-14)16-7-3-5-12-4-1-2-6-15(12)16/h1-8,10-11H,17H2/q+1. The number of allylic oxidation sites excluding steroid dienone is 5. The minimum Gasteiger partial charge on any atom is -0.360 e. The highest BCUT2D eigenvalue weighted by molar-refractivity contribution is 5.96. The Kier molecular flexibility index (Phi) is 2.25. The van der Waals surface area contributed by atoms with Crippen LogP contribution in [0.3, 0.4) is 0 Å². The number of nitrogens with two attached hydrogens (primary N) is 1. The van der Waals surface area contributed by atoms with Gasteiger partial charge in [0.25, 0.3) is 0 Å². The van der Waals surface area contributed by atoms with Crippen molar-refractivity contribution in [1.82, 2.24) is 0 Å². The van der Waals surface area contributed by atoms with Gasteiger partial charge < -0.3 is 5.73 Å². The van der Waals surface area contributed by atoms with E-state index in [2.05, 4.69) is 48.5 Å². The molecule has 17 heavy (non-hydrogen) atoms. The lowest BCUT2D eigenvalue weighted by atomic mass is 9.96. The van der Waals surface area contributed by atoms with Crippen molar-refractivity contribution in [2.45, 2.75) is 0 Å². The molecule has 3 rings (SSSR count). The third-order valence-electron chi connectivity index (χ3n) is 2.92. The zero-order valence-corrected chi connectivity index (χ0v) is 9.35. The summed E-state index contributed by atoms with van der Waals surface area (Å²) < 4.78 is 0. The predicted molar refractivity (Wildman–Crippen MR) is 72.0 cm³/mol. The van der Waals surface area contributed by atoms with E-state index < -0.39 is 0 Å². The van der Waals surface area contributed by atoms with Crippen molar-refractivity contribution in [3.8, 4) is 0 Å². The van der Waals surface area contributed by atoms with Gasteiger partial charge in [-0.15, -0.1) is 0 Å². The SMILES string of the molecule is NC1=C[C+]=C(c2cccc3ccccc23)C=C1. The van der Waals surface area contributed by atoms with Crippen LogP contribution in [0.25, 0.3) is 16.3 Å². The van der Waals surface area contributed by atoms with Gasteiger partial charge in [-0.3, -0.25) is 0 Å². The Labute approximate surface area is 101 Å². The van der Waals surface area contributed by atoms with Crippen LogP contribution in [0, 0.1) is 6.08 Å². The molecule has 0 saturated heterocycles. The molecule has 1 heteroatoms. The zero-order chi connectivity index (χ0) is 11.7. The number of fused-ring (bicyclic) bond motifs is 1. The Morgan fingerprint density at radius 2 is 1.71 bits per heavy atom. The van der Waals surface area contributed by atoms with Gasteiger partial charge in [0, 0.05) is 23.6 Å². The molecule has 2 N–H and O–H groups in total. The van der Waals surface area contributed by atoms with Gasteiger partial charge in [0.1, 0.15) is 5.70 Å². The Morgan fingerprint density at radius 1 is 0.882 bits per heavy atom. The van der Waals surface area contributed by atoms with Gasteiger partial charge in [0.05, 0.1) is 11.6 Å². The van der Waals surface area contributed by atoms with Crippen LogP contribution in [0.1, 0.15) is 5.56 Å². The highest BCUT2D eigenvalue weighted by Crippen LogP contribution is 2.27. The van der Waals surface area contributed by atoms with Crippen molar-refractivity contribution in [3.05, 3.63) is 78.0 Å². The van der Waals surface area contributed by atoms with Crippen LogP contribution in [0.15, 0.2) is 66.4 Å². The van der Waals surface area contributed by atoms with Crippen molar-refractivity contribution in [2.75, 3.05) is 0 Å². The van der Waals surface area contributed by atoms with Gasteiger partial charge in [-0.2, -0.15) is 0 Å². The number of benzene rings is 2. The molecule has 2 aromatic rings. The first-order chi connectivity index (χ1) is 8.34. The van der Waals surface area contributed by atoms with E-state index in [4.69, 9.17) is 5.73 Å². The molecule has 0 atom stereocenters. The van der Waals surface area contributed by atoms with Gasteiger partial charge in [0.15, 0.2) is 5.57 Å². The average Bonchev–Trinajstić information content (AvgIpc) is 2.39. The fourth-order valence-electron chi connectivity index (χ4n) is 2.06. The van der Waals surface area contributed by atoms with Crippen molar-refractivity contribution >= 4 is 16.3 Å². The topological polar surface area (TPSA) is 26.0 Å². The summed E-state index contributed by atoms with van der Waals surface area (Å²) in [6.07, 6.45) is 8.96. The molecule has 0 aromatic heterocycles. The fourth-order valence-corrected chi connectivity index (χ4v) is 2.06. The smallest absolute Gasteiger partial charge is 0.155 e. The lowest BCUT2D eigenvalue weighted by Gasteiger charge is -2.02. The maximum Gasteiger partial charge on any atom is 0.155 e. The van der Waals surface area contributed by atoms with Crippen molar-refractivity contribution in [2.24, 2.45) is 5.73 Å². The summed E-state index contributed by atoms with van der Waals surface area (Å²) >= 11 is 0. The van der Waals surface area contributed by atoms with E-state index in [0.29, 0.717) is 0 Å². The third kappa shape index (κ3) is 1.73. The first-order valence-corrected chi connectivity index (χ1v) is 5.60. The molecule has 0 saturated carbocycles. The molecule has 0 fully saturated rings. The Bertz CT molecular complexity index is 655. The maximum atomic E-state index is 5.69. The third-order valence-corrected chi connectivity index (χ3v) is 2.92. The van der Waals surface area contributed by atoms with Crippen LogP contribution in [0.4, 0.5) is 0 Å². The molecule has 0 radical (unpaired) electrons. The first-order valence-electron chi connectivity index (χ1n) is 5.60. The summed E-state index contributed by atoms with van der Waals surface area (Å²) in [5, 5.41) is 2.49. The van der Waals surface area contributed by atoms with Gasteiger partial charge in [-0.25, -0.2) is 0 Å². The summed E-state index contributed by atoms with van der Waals surface area (Å²) in [5.41, 5.74) is 8.71. The Balaban J connectivity index is 2.22. The molecule has 2 aromatic carbocycles. The molecule has 0 amide bonds. The van der Waals surface area contributed by atoms with E-state index in [-0.39, 0.29) is 0 Å². The lowest BCUT2D eigenvalue weighted by molar-refractivity contribution is 1.40. The molecule has 0 aliphatic heterocycles. The summed E-state index contributed by atoms with van der Waals surface area (Å²) in [4.78, 5) is 0. The summed E-state index contributed by atoms with van der Waals surface area (Å²) in [5.74, 6) is 0. The average molecular weight is 218 g/mol. The molecule has 1 aliphatic rings. The quantitative estimate of drug-likeness (QED) is 0.729. The fraction of sp³-hybridized carbons (Fsp3) is 0. The molecule has 1 aliphatic carbocycles. The van der Waals surface area contributed by atoms with Crippen molar-refractivity contribution in [1.29, 1.82) is 0 Å². The van der Waals surface area contributed by atoms with Gasteiger partial charge in [0.2, 0.25) is 0 Å². The molecule has 80 valence electrons. The molecule has 0 heterocycles. The lowest BCUT2D eigenvalue weighted by Crippen LogP contribution is -1.96. The molecule has 1 nitrogen and oxygen atoms in total. The molecular formula is C16H12N+. The van der Waals surface area contributed by atoms with E-state index in [1.54, 1.807) is 0 Å². The largest absolute Gasteiger partial charge is 0.360 e. The van der Waals surface area contributed by atoms with Gasteiger partial charge in [-0.05, 0) is 17.5 Å². The number of rotatable bonds is 1. The summed E-state index contributed by atoms with van der Waals surface area (Å²) in [6, 6.07) is 14.7. The van der Waals surface area contributed by atoms with Gasteiger partial charge in [-0.1, -0.05) is 30.3 Å². The van der Waals surface area contributed by atoms with E-state index in [0.717, 1.165) is 11.3 Å². The van der Waals surface area contributed by atoms with E-state index in [9.17, 15) is 0 Å². The summed E-state index contributed by atoms with van der Waals surface area (Å²) in [6.45, 7) is 0.